The van der Waals surface area contributed by atoms with Gasteiger partial charge in [-0.25, -0.2) is 0 Å². The predicted molar refractivity (Wildman–Crippen MR) is 70.9 cm³/mol. The summed E-state index contributed by atoms with van der Waals surface area (Å²) in [5, 5.41) is 1.92. The Morgan fingerprint density at radius 3 is 2.52 bits per heavy atom. The molecule has 1 aliphatic rings. The number of rotatable bonds is 1. The van der Waals surface area contributed by atoms with Gasteiger partial charge in [-0.1, -0.05) is 11.6 Å². The molecular weight excluding hydrogens is 335 g/mol. The molecule has 0 spiro atoms. The van der Waals surface area contributed by atoms with Crippen LogP contribution in [0.25, 0.3) is 0 Å². The van der Waals surface area contributed by atoms with Crippen molar-refractivity contribution in [2.24, 2.45) is 8.80 Å². The summed E-state index contributed by atoms with van der Waals surface area (Å²) in [6.45, 7) is 0. The first-order chi connectivity index (χ1) is 9.62. The second-order valence-electron chi connectivity index (χ2n) is 3.81. The number of amidine groups is 1. The Morgan fingerprint density at radius 1 is 1.29 bits per heavy atom. The van der Waals surface area contributed by atoms with Crippen molar-refractivity contribution in [2.75, 3.05) is 12.4 Å². The maximum absolute atomic E-state index is 12.7. The Bertz CT molecular complexity index is 744. The molecule has 1 aliphatic heterocycles. The van der Waals surface area contributed by atoms with Crippen LogP contribution in [0.1, 0.15) is 5.56 Å². The molecule has 1 aromatic rings. The van der Waals surface area contributed by atoms with E-state index in [0.29, 0.717) is 0 Å². The first-order valence-electron chi connectivity index (χ1n) is 5.25. The van der Waals surface area contributed by atoms with E-state index in [0.717, 1.165) is 19.2 Å². The van der Waals surface area contributed by atoms with Gasteiger partial charge in [-0.2, -0.15) is 21.6 Å². The van der Waals surface area contributed by atoms with Gasteiger partial charge in [-0.05, 0) is 18.2 Å². The van der Waals surface area contributed by atoms with Crippen molar-refractivity contribution in [3.05, 3.63) is 28.8 Å². The van der Waals surface area contributed by atoms with E-state index in [1.165, 1.54) is 6.07 Å². The number of hydrogen-bond acceptors (Lipinski definition) is 4. The molecule has 0 amide bonds. The number of halogens is 4. The van der Waals surface area contributed by atoms with Gasteiger partial charge in [0.05, 0.1) is 17.7 Å². The first-order valence-corrected chi connectivity index (χ1v) is 7.03. The Labute approximate surface area is 122 Å². The molecule has 2 rings (SSSR count). The highest BCUT2D eigenvalue weighted by molar-refractivity contribution is 7.89. The van der Waals surface area contributed by atoms with Crippen molar-refractivity contribution in [3.8, 4) is 0 Å². The monoisotopic (exact) mass is 341 g/mol. The molecule has 0 fully saturated rings. The van der Waals surface area contributed by atoms with Crippen LogP contribution >= 0.6 is 11.6 Å². The molecule has 0 bridgehead atoms. The summed E-state index contributed by atoms with van der Waals surface area (Å²) in [5.41, 5.74) is -1.13. The Morgan fingerprint density at radius 2 is 1.95 bits per heavy atom. The molecule has 114 valence electrons. The number of ether oxygens (including phenoxy) is 1. The molecule has 0 aliphatic carbocycles. The zero-order valence-electron chi connectivity index (χ0n) is 10.3. The topological polar surface area (TPSA) is 80.1 Å². The largest absolute Gasteiger partial charge is 0.478 e. The van der Waals surface area contributed by atoms with Gasteiger partial charge in [0.15, 0.2) is 0 Å². The van der Waals surface area contributed by atoms with Crippen molar-refractivity contribution in [3.63, 3.8) is 0 Å². The van der Waals surface area contributed by atoms with E-state index in [4.69, 9.17) is 11.6 Å². The van der Waals surface area contributed by atoms with E-state index < -0.39 is 27.0 Å². The van der Waals surface area contributed by atoms with Crippen molar-refractivity contribution < 1.29 is 26.3 Å². The quantitative estimate of drug-likeness (QED) is 0.851. The minimum absolute atomic E-state index is 0.0627. The average molecular weight is 342 g/mol. The van der Waals surface area contributed by atoms with Crippen molar-refractivity contribution in [1.29, 1.82) is 0 Å². The number of nitrogens with one attached hydrogen (secondary N) is 1. The van der Waals surface area contributed by atoms with Gasteiger partial charge in [0.1, 0.15) is 0 Å². The van der Waals surface area contributed by atoms with Crippen LogP contribution < -0.4 is 5.32 Å². The maximum atomic E-state index is 12.7. The zero-order chi connectivity index (χ0) is 15.8. The van der Waals surface area contributed by atoms with Crippen LogP contribution in [-0.4, -0.2) is 27.3 Å². The Kier molecular flexibility index (Phi) is 3.85. The number of nitrogens with zero attached hydrogens (tertiary/aromatic N) is 2. The van der Waals surface area contributed by atoms with Crippen LogP contribution in [0.3, 0.4) is 0 Å². The van der Waals surface area contributed by atoms with Gasteiger partial charge in [0, 0.05) is 5.69 Å². The highest BCUT2D eigenvalue weighted by Gasteiger charge is 2.34. The van der Waals surface area contributed by atoms with E-state index >= 15 is 0 Å². The maximum Gasteiger partial charge on any atom is 0.417 e. The van der Waals surface area contributed by atoms with Crippen molar-refractivity contribution in [2.45, 2.75) is 6.18 Å². The summed E-state index contributed by atoms with van der Waals surface area (Å²) < 4.78 is 71.6. The average Bonchev–Trinajstić information content (AvgIpc) is 2.64. The third-order valence-electron chi connectivity index (χ3n) is 2.34. The van der Waals surface area contributed by atoms with E-state index in [1.54, 1.807) is 0 Å². The Hall–Kier alpha value is -1.81. The summed E-state index contributed by atoms with van der Waals surface area (Å²) in [4.78, 5) is 0. The highest BCUT2D eigenvalue weighted by Crippen LogP contribution is 2.36. The fourth-order valence-corrected chi connectivity index (χ4v) is 2.48. The van der Waals surface area contributed by atoms with Gasteiger partial charge < -0.3 is 10.1 Å². The summed E-state index contributed by atoms with van der Waals surface area (Å²) in [6.07, 6.45) is -4.64. The molecule has 0 atom stereocenters. The van der Waals surface area contributed by atoms with Crippen molar-refractivity contribution in [1.82, 2.24) is 0 Å². The van der Waals surface area contributed by atoms with Crippen LogP contribution in [0, 0.1) is 0 Å². The van der Waals surface area contributed by atoms with Gasteiger partial charge in [-0.15, -0.1) is 8.80 Å². The number of anilines is 1. The molecule has 1 aromatic carbocycles. The first kappa shape index (κ1) is 15.6. The number of alkyl halides is 3. The second-order valence-corrected chi connectivity index (χ2v) is 5.47. The molecule has 1 N–H and O–H groups in total. The predicted octanol–water partition coefficient (Wildman–Crippen LogP) is 2.47. The van der Waals surface area contributed by atoms with Crippen LogP contribution in [0.15, 0.2) is 27.0 Å². The fraction of sp³-hybridized carbons (Fsp3) is 0.200. The minimum atomic E-state index is -4.64. The summed E-state index contributed by atoms with van der Waals surface area (Å²) >= 11 is 5.48. The Balaban J connectivity index is 2.36. The minimum Gasteiger partial charge on any atom is -0.478 e. The molecule has 0 unspecified atom stereocenters. The van der Waals surface area contributed by atoms with E-state index in [1.807, 2.05) is 0 Å². The molecule has 0 saturated carbocycles. The van der Waals surface area contributed by atoms with Crippen LogP contribution in [0.4, 0.5) is 18.9 Å². The van der Waals surface area contributed by atoms with Gasteiger partial charge >= 0.3 is 16.4 Å². The lowest BCUT2D eigenvalue weighted by Gasteiger charge is -2.12. The number of benzene rings is 1. The van der Waals surface area contributed by atoms with Gasteiger partial charge in [0.25, 0.3) is 5.90 Å². The summed E-state index contributed by atoms with van der Waals surface area (Å²) in [5.74, 6) is -0.661. The van der Waals surface area contributed by atoms with Crippen molar-refractivity contribution >= 4 is 39.2 Å². The van der Waals surface area contributed by atoms with Crippen LogP contribution in [0.5, 0.6) is 0 Å². The van der Waals surface area contributed by atoms with E-state index in [2.05, 4.69) is 18.8 Å². The lowest BCUT2D eigenvalue weighted by Crippen LogP contribution is -2.22. The summed E-state index contributed by atoms with van der Waals surface area (Å²) in [6, 6.07) is 2.99. The van der Waals surface area contributed by atoms with Gasteiger partial charge in [-0.3, -0.25) is 0 Å². The molecule has 1 heterocycles. The molecule has 6 nitrogen and oxygen atoms in total. The normalized spacial score (nSPS) is 17.2. The number of methoxy groups -OCH3 is 1. The third-order valence-corrected chi connectivity index (χ3v) is 3.47. The number of hydrogen-bond donors (Lipinski definition) is 1. The third kappa shape index (κ3) is 3.45. The van der Waals surface area contributed by atoms with Gasteiger partial charge in [0.2, 0.25) is 5.84 Å². The fourth-order valence-electron chi connectivity index (χ4n) is 1.49. The van der Waals surface area contributed by atoms with E-state index in [-0.39, 0.29) is 17.4 Å². The zero-order valence-corrected chi connectivity index (χ0v) is 11.8. The standard InChI is InChI=1S/C10H7ClF3N3O3S/c1-20-9-8(16-21(18,19)17-9)15-5-2-3-7(11)6(4-5)10(12,13)14/h2-4H,1H3,(H,15,16). The second kappa shape index (κ2) is 5.19. The van der Waals surface area contributed by atoms with E-state index in [9.17, 15) is 21.6 Å². The summed E-state index contributed by atoms with van der Waals surface area (Å²) in [7, 11) is -2.93. The molecule has 21 heavy (non-hydrogen) atoms. The molecule has 0 radical (unpaired) electrons. The molecule has 0 aromatic heterocycles. The molecule has 0 saturated heterocycles. The SMILES string of the molecule is COC1=NS(=O)(=O)N=C1Nc1ccc(Cl)c(C(F)(F)F)c1. The van der Waals surface area contributed by atoms with Crippen LogP contribution in [0.2, 0.25) is 5.02 Å². The molecular formula is C10H7ClF3N3O3S. The lowest BCUT2D eigenvalue weighted by atomic mass is 10.2. The molecule has 11 heteroatoms. The smallest absolute Gasteiger partial charge is 0.417 e. The highest BCUT2D eigenvalue weighted by atomic mass is 35.5. The lowest BCUT2D eigenvalue weighted by molar-refractivity contribution is -0.137. The van der Waals surface area contributed by atoms with Crippen LogP contribution in [-0.2, 0) is 21.1 Å².